The third kappa shape index (κ3) is 14.4. The van der Waals surface area contributed by atoms with Crippen molar-refractivity contribution in [1.29, 1.82) is 5.26 Å². The first kappa shape index (κ1) is 60.2. The number of aryl methyl sites for hydroxylation is 5. The number of unbranched alkanes of at least 4 members (excludes halogenated alkanes) is 12. The standard InChI is InChI=1S/C67H83N3O4S4Si/c1-9-14-18-22-29-47-40-61(75-59(47)44-52(46-68)67(71)69-53-33-28-34-54(45-53)79(72-6,73-7)74-8)64-50(31-24-20-16-11-3)42-63(77-64)66-51(32-25-21-17-12-4)43-62(78-66)65-49(30-23-19-15-10-2)41-60(76-65)48-37-38-58-56(39-48)55-35-26-27-36-57(55)70(58)13-5/h26-28,33-45H,9-25,29-32H2,1-8H3,(H,69,71)/b52-44+. The number of aromatic nitrogens is 1. The van der Waals surface area contributed by atoms with Crippen LogP contribution in [0.5, 0.6) is 0 Å². The summed E-state index contributed by atoms with van der Waals surface area (Å²) in [6.07, 6.45) is 25.1. The summed E-state index contributed by atoms with van der Waals surface area (Å²) in [5.41, 5.74) is 10.1. The first-order valence-electron chi connectivity index (χ1n) is 29.4. The number of rotatable bonds is 32. The van der Waals surface area contributed by atoms with Gasteiger partial charge in [0.15, 0.2) is 0 Å². The SMILES string of the molecule is CCCCCCc1cc(-c2sc(-c3sc(-c4sc(-c5ccc6c(c5)c5ccccc5n6CC)cc4CCCCCC)cc3CCCCCC)cc2CCCCCC)sc1/C=C(\C#N)C(=O)Nc1cccc([Si](OC)(OC)OC)c1. The second-order valence-electron chi connectivity index (χ2n) is 21.0. The van der Waals surface area contributed by atoms with Crippen molar-refractivity contribution in [2.75, 3.05) is 26.6 Å². The number of hydrogen-bond donors (Lipinski definition) is 1. The molecule has 7 nitrogen and oxygen atoms in total. The van der Waals surface area contributed by atoms with Gasteiger partial charge >= 0.3 is 8.80 Å². The van der Waals surface area contributed by atoms with E-state index in [1.54, 1.807) is 38.7 Å². The maximum absolute atomic E-state index is 14.0. The molecule has 3 aromatic carbocycles. The summed E-state index contributed by atoms with van der Waals surface area (Å²) < 4.78 is 19.6. The van der Waals surface area contributed by atoms with Gasteiger partial charge < -0.3 is 23.2 Å². The van der Waals surface area contributed by atoms with E-state index in [2.05, 4.69) is 117 Å². The fourth-order valence-electron chi connectivity index (χ4n) is 11.1. The van der Waals surface area contributed by atoms with E-state index in [4.69, 9.17) is 13.3 Å². The van der Waals surface area contributed by atoms with Gasteiger partial charge in [0.1, 0.15) is 11.6 Å². The molecule has 8 aromatic rings. The first-order valence-corrected chi connectivity index (χ1v) is 34.4. The monoisotopic (exact) mass is 1150 g/mol. The minimum atomic E-state index is -3.16. The molecule has 0 aliphatic carbocycles. The number of thiophene rings is 4. The van der Waals surface area contributed by atoms with E-state index < -0.39 is 14.7 Å². The van der Waals surface area contributed by atoms with Gasteiger partial charge in [-0.1, -0.05) is 141 Å². The summed E-state index contributed by atoms with van der Waals surface area (Å²) in [4.78, 5) is 24.5. The predicted octanol–water partition coefficient (Wildman–Crippen LogP) is 19.9. The second-order valence-corrected chi connectivity index (χ2v) is 28.2. The van der Waals surface area contributed by atoms with Crippen molar-refractivity contribution >= 4 is 98.8 Å². The van der Waals surface area contributed by atoms with Crippen LogP contribution in [0, 0.1) is 11.3 Å². The molecule has 5 heterocycles. The number of anilines is 1. The molecule has 5 aromatic heterocycles. The van der Waals surface area contributed by atoms with Gasteiger partial charge in [-0.25, -0.2) is 0 Å². The van der Waals surface area contributed by atoms with E-state index in [0.29, 0.717) is 10.9 Å². The highest BCUT2D eigenvalue weighted by atomic mass is 32.1. The number of hydrogen-bond acceptors (Lipinski definition) is 9. The zero-order chi connectivity index (χ0) is 55.7. The molecule has 0 aliphatic heterocycles. The first-order chi connectivity index (χ1) is 38.7. The average molecular weight is 1150 g/mol. The highest BCUT2D eigenvalue weighted by Gasteiger charge is 2.41. The zero-order valence-electron chi connectivity index (χ0n) is 48.2. The van der Waals surface area contributed by atoms with Crippen molar-refractivity contribution in [3.63, 3.8) is 0 Å². The Kier molecular flexibility index (Phi) is 22.6. The third-order valence-corrected chi connectivity index (χ3v) is 23.3. The molecule has 1 N–H and O–H groups in total. The number of fused-ring (bicyclic) bond motifs is 3. The lowest BCUT2D eigenvalue weighted by Gasteiger charge is -2.24. The highest BCUT2D eigenvalue weighted by molar-refractivity contribution is 7.29. The fraction of sp³-hybridized carbons (Fsp3) is 0.433. The van der Waals surface area contributed by atoms with Gasteiger partial charge in [0, 0.05) is 99.6 Å². The van der Waals surface area contributed by atoms with Gasteiger partial charge in [-0.15, -0.1) is 45.3 Å². The average Bonchev–Trinajstić information content (AvgIpc) is 4.49. The molecule has 12 heteroatoms. The molecule has 8 rings (SSSR count). The van der Waals surface area contributed by atoms with E-state index >= 15 is 0 Å². The zero-order valence-corrected chi connectivity index (χ0v) is 52.5. The molecule has 0 saturated heterocycles. The maximum Gasteiger partial charge on any atom is 0.536 e. The molecule has 1 amide bonds. The summed E-state index contributed by atoms with van der Waals surface area (Å²) in [7, 11) is 1.54. The Morgan fingerprint density at radius 3 is 1.57 bits per heavy atom. The minimum Gasteiger partial charge on any atom is -0.373 e. The number of nitrogens with zero attached hydrogens (tertiary/aromatic N) is 2. The number of nitriles is 1. The minimum absolute atomic E-state index is 0.0685. The van der Waals surface area contributed by atoms with Crippen molar-refractivity contribution in [2.24, 2.45) is 0 Å². The molecular formula is C67H83N3O4S4Si. The van der Waals surface area contributed by atoms with Crippen molar-refractivity contribution < 1.29 is 18.1 Å². The van der Waals surface area contributed by atoms with Crippen molar-refractivity contribution in [3.05, 3.63) is 124 Å². The normalized spacial score (nSPS) is 12.1. The molecule has 418 valence electrons. The molecule has 0 bridgehead atoms. The van der Waals surface area contributed by atoms with E-state index in [-0.39, 0.29) is 5.57 Å². The van der Waals surface area contributed by atoms with Gasteiger partial charge in [0.05, 0.1) is 0 Å². The van der Waals surface area contributed by atoms with Crippen LogP contribution in [0.1, 0.15) is 164 Å². The fourth-order valence-corrected chi connectivity index (χ4v) is 18.1. The topological polar surface area (TPSA) is 85.5 Å². The predicted molar refractivity (Wildman–Crippen MR) is 345 cm³/mol. The van der Waals surface area contributed by atoms with Gasteiger partial charge in [-0.05, 0) is 147 Å². The highest BCUT2D eigenvalue weighted by Crippen LogP contribution is 2.50. The van der Waals surface area contributed by atoms with Crippen molar-refractivity contribution in [1.82, 2.24) is 4.57 Å². The number of amides is 1. The summed E-state index contributed by atoms with van der Waals surface area (Å²) in [5.74, 6) is -0.454. The summed E-state index contributed by atoms with van der Waals surface area (Å²) in [6, 6.07) is 35.7. The second kappa shape index (κ2) is 29.7. The Labute approximate surface area is 489 Å². The number of para-hydroxylation sites is 1. The quantitative estimate of drug-likeness (QED) is 0.0197. The van der Waals surface area contributed by atoms with Crippen LogP contribution in [0.15, 0.2) is 96.6 Å². The van der Waals surface area contributed by atoms with Crippen LogP contribution in [0.4, 0.5) is 5.69 Å². The molecule has 0 saturated carbocycles. The van der Waals surface area contributed by atoms with Crippen LogP contribution in [0.3, 0.4) is 0 Å². The smallest absolute Gasteiger partial charge is 0.373 e. The van der Waals surface area contributed by atoms with Gasteiger partial charge in [0.25, 0.3) is 5.91 Å². The van der Waals surface area contributed by atoms with E-state index in [1.165, 1.54) is 161 Å². The molecular weight excluding hydrogens is 1070 g/mol. The lowest BCUT2D eigenvalue weighted by molar-refractivity contribution is -0.112. The largest absolute Gasteiger partial charge is 0.536 e. The Morgan fingerprint density at radius 1 is 0.544 bits per heavy atom. The van der Waals surface area contributed by atoms with Crippen LogP contribution in [-0.4, -0.2) is 40.6 Å². The summed E-state index contributed by atoms with van der Waals surface area (Å²) in [6.45, 7) is 12.3. The van der Waals surface area contributed by atoms with Gasteiger partial charge in [0.2, 0.25) is 0 Å². The van der Waals surface area contributed by atoms with Crippen molar-refractivity contribution in [3.8, 4) is 45.8 Å². The summed E-state index contributed by atoms with van der Waals surface area (Å²) >= 11 is 7.69. The van der Waals surface area contributed by atoms with Gasteiger partial charge in [-0.2, -0.15) is 5.26 Å². The molecule has 0 radical (unpaired) electrons. The Hall–Kier alpha value is -4.94. The Morgan fingerprint density at radius 2 is 1.04 bits per heavy atom. The molecule has 0 spiro atoms. The van der Waals surface area contributed by atoms with E-state index in [1.807, 2.05) is 58.3 Å². The molecule has 0 aliphatic rings. The molecule has 0 fully saturated rings. The van der Waals surface area contributed by atoms with Crippen LogP contribution in [0.2, 0.25) is 0 Å². The van der Waals surface area contributed by atoms with Crippen LogP contribution in [0.25, 0.3) is 67.6 Å². The Balaban J connectivity index is 1.20. The number of carbonyl (C=O) groups is 1. The molecule has 0 unspecified atom stereocenters. The number of nitrogens with one attached hydrogen (secondary N) is 1. The number of carbonyl (C=O) groups excluding carboxylic acids is 1. The number of benzene rings is 3. The van der Waals surface area contributed by atoms with Gasteiger partial charge in [-0.3, -0.25) is 4.79 Å². The van der Waals surface area contributed by atoms with Crippen LogP contribution >= 0.6 is 45.3 Å². The lowest BCUT2D eigenvalue weighted by Crippen LogP contribution is -2.54. The van der Waals surface area contributed by atoms with Crippen LogP contribution < -0.4 is 10.5 Å². The lowest BCUT2D eigenvalue weighted by atomic mass is 10.0. The Bertz CT molecular complexity index is 3330. The van der Waals surface area contributed by atoms with E-state index in [9.17, 15) is 10.1 Å². The molecule has 79 heavy (non-hydrogen) atoms. The van der Waals surface area contributed by atoms with E-state index in [0.717, 1.165) is 62.8 Å². The third-order valence-electron chi connectivity index (χ3n) is 15.4. The molecule has 0 atom stereocenters. The van der Waals surface area contributed by atoms with Crippen LogP contribution in [-0.2, 0) is 50.3 Å². The summed E-state index contributed by atoms with van der Waals surface area (Å²) in [5, 5.41) is 17.0. The van der Waals surface area contributed by atoms with Crippen molar-refractivity contribution in [2.45, 2.75) is 170 Å². The maximum atomic E-state index is 14.0.